The number of methoxy groups -OCH3 is 1. The number of hydrogen-bond acceptors (Lipinski definition) is 5. The smallest absolute Gasteiger partial charge is 0.305 e. The molecular weight excluding hydrogens is 244 g/mol. The highest BCUT2D eigenvalue weighted by atomic mass is 32.2. The fourth-order valence-electron chi connectivity index (χ4n) is 1.20. The Morgan fingerprint density at radius 1 is 1.53 bits per heavy atom. The van der Waals surface area contributed by atoms with Gasteiger partial charge in [0.05, 0.1) is 25.4 Å². The molecule has 0 fully saturated rings. The molecule has 0 rings (SSSR count). The molecule has 0 bridgehead atoms. The molecule has 0 aliphatic heterocycles. The SMILES string of the molecule is CCC(CC#N)NS(=O)(=O)CCCC(=O)OC. The van der Waals surface area contributed by atoms with E-state index in [0.29, 0.717) is 6.42 Å². The molecule has 0 aliphatic rings. The number of esters is 1. The third kappa shape index (κ3) is 7.71. The summed E-state index contributed by atoms with van der Waals surface area (Å²) in [6.45, 7) is 1.80. The molecule has 1 unspecified atom stereocenters. The zero-order valence-corrected chi connectivity index (χ0v) is 10.9. The van der Waals surface area contributed by atoms with Crippen molar-refractivity contribution in [2.75, 3.05) is 12.9 Å². The summed E-state index contributed by atoms with van der Waals surface area (Å²) in [6.07, 6.45) is 0.994. The van der Waals surface area contributed by atoms with Crippen molar-refractivity contribution in [1.82, 2.24) is 4.72 Å². The van der Waals surface area contributed by atoms with Crippen molar-refractivity contribution >= 4 is 16.0 Å². The molecule has 7 heteroatoms. The number of rotatable bonds is 8. The van der Waals surface area contributed by atoms with Crippen LogP contribution in [0.2, 0.25) is 0 Å². The Kier molecular flexibility index (Phi) is 7.50. The van der Waals surface area contributed by atoms with Crippen LogP contribution in [0.3, 0.4) is 0 Å². The first-order valence-corrected chi connectivity index (χ1v) is 7.04. The number of carbonyl (C=O) groups excluding carboxylic acids is 1. The second-order valence-electron chi connectivity index (χ2n) is 3.58. The maximum Gasteiger partial charge on any atom is 0.305 e. The van der Waals surface area contributed by atoms with Gasteiger partial charge in [0.1, 0.15) is 0 Å². The van der Waals surface area contributed by atoms with E-state index in [1.807, 2.05) is 6.07 Å². The van der Waals surface area contributed by atoms with Crippen LogP contribution in [0, 0.1) is 11.3 Å². The molecule has 98 valence electrons. The van der Waals surface area contributed by atoms with Crippen molar-refractivity contribution in [2.45, 2.75) is 38.6 Å². The van der Waals surface area contributed by atoms with E-state index in [2.05, 4.69) is 9.46 Å². The molecule has 0 aromatic rings. The lowest BCUT2D eigenvalue weighted by Crippen LogP contribution is -2.35. The first kappa shape index (κ1) is 15.9. The summed E-state index contributed by atoms with van der Waals surface area (Å²) < 4.78 is 30.0. The molecule has 0 radical (unpaired) electrons. The Balaban J connectivity index is 4.11. The third-order valence-electron chi connectivity index (χ3n) is 2.20. The summed E-state index contributed by atoms with van der Waals surface area (Å²) in [6, 6.07) is 1.57. The molecule has 6 nitrogen and oxygen atoms in total. The maximum absolute atomic E-state index is 11.6. The number of ether oxygens (including phenoxy) is 1. The summed E-state index contributed by atoms with van der Waals surface area (Å²) >= 11 is 0. The zero-order valence-electron chi connectivity index (χ0n) is 10.1. The fourth-order valence-corrected chi connectivity index (χ4v) is 2.60. The van der Waals surface area contributed by atoms with Gasteiger partial charge in [-0.1, -0.05) is 6.92 Å². The minimum Gasteiger partial charge on any atom is -0.469 e. The van der Waals surface area contributed by atoms with Crippen molar-refractivity contribution in [3.8, 4) is 6.07 Å². The Hall–Kier alpha value is -1.13. The number of nitriles is 1. The first-order chi connectivity index (χ1) is 7.95. The minimum atomic E-state index is -3.43. The van der Waals surface area contributed by atoms with Crippen LogP contribution >= 0.6 is 0 Å². The van der Waals surface area contributed by atoms with Gasteiger partial charge in [-0.25, -0.2) is 13.1 Å². The Labute approximate surface area is 102 Å². The molecule has 1 atom stereocenters. The molecule has 0 aliphatic carbocycles. The quantitative estimate of drug-likeness (QED) is 0.644. The van der Waals surface area contributed by atoms with E-state index in [9.17, 15) is 13.2 Å². The van der Waals surface area contributed by atoms with Crippen molar-refractivity contribution in [1.29, 1.82) is 5.26 Å². The molecule has 17 heavy (non-hydrogen) atoms. The number of hydrogen-bond donors (Lipinski definition) is 1. The van der Waals surface area contributed by atoms with E-state index >= 15 is 0 Å². The van der Waals surface area contributed by atoms with Crippen LogP contribution in [0.4, 0.5) is 0 Å². The van der Waals surface area contributed by atoms with E-state index in [0.717, 1.165) is 0 Å². The van der Waals surface area contributed by atoms with E-state index in [4.69, 9.17) is 5.26 Å². The van der Waals surface area contributed by atoms with Crippen molar-refractivity contribution in [3.05, 3.63) is 0 Å². The van der Waals surface area contributed by atoms with E-state index in [1.54, 1.807) is 6.92 Å². The number of nitrogens with one attached hydrogen (secondary N) is 1. The van der Waals surface area contributed by atoms with Gasteiger partial charge in [0.15, 0.2) is 0 Å². The number of sulfonamides is 1. The average molecular weight is 262 g/mol. The van der Waals surface area contributed by atoms with Crippen LogP contribution in [-0.2, 0) is 19.6 Å². The standard InChI is InChI=1S/C10H18N2O4S/c1-3-9(6-7-11)12-17(14,15)8-4-5-10(13)16-2/h9,12H,3-6,8H2,1-2H3. The molecule has 0 aromatic heterocycles. The summed E-state index contributed by atoms with van der Waals surface area (Å²) in [5.74, 6) is -0.561. The van der Waals surface area contributed by atoms with Gasteiger partial charge >= 0.3 is 5.97 Å². The van der Waals surface area contributed by atoms with Crippen LogP contribution in [0.25, 0.3) is 0 Å². The summed E-state index contributed by atoms with van der Waals surface area (Å²) in [5, 5.41) is 8.50. The van der Waals surface area contributed by atoms with Crippen molar-refractivity contribution < 1.29 is 17.9 Å². The highest BCUT2D eigenvalue weighted by Gasteiger charge is 2.16. The Morgan fingerprint density at radius 2 is 2.18 bits per heavy atom. The summed E-state index contributed by atoms with van der Waals surface area (Å²) in [7, 11) is -2.17. The van der Waals surface area contributed by atoms with Crippen LogP contribution in [-0.4, -0.2) is 33.3 Å². The van der Waals surface area contributed by atoms with E-state index < -0.39 is 16.0 Å². The van der Waals surface area contributed by atoms with E-state index in [1.165, 1.54) is 7.11 Å². The third-order valence-corrected chi connectivity index (χ3v) is 3.72. The van der Waals surface area contributed by atoms with Crippen LogP contribution in [0.15, 0.2) is 0 Å². The van der Waals surface area contributed by atoms with E-state index in [-0.39, 0.29) is 31.1 Å². The lowest BCUT2D eigenvalue weighted by Gasteiger charge is -2.13. The van der Waals surface area contributed by atoms with Gasteiger partial charge in [0.25, 0.3) is 0 Å². The van der Waals surface area contributed by atoms with Crippen molar-refractivity contribution in [3.63, 3.8) is 0 Å². The predicted molar refractivity (Wildman–Crippen MR) is 62.5 cm³/mol. The van der Waals surface area contributed by atoms with Gasteiger partial charge in [-0.3, -0.25) is 4.79 Å². The number of nitrogens with zero attached hydrogens (tertiary/aromatic N) is 1. The van der Waals surface area contributed by atoms with Crippen molar-refractivity contribution in [2.24, 2.45) is 0 Å². The zero-order chi connectivity index (χ0) is 13.3. The van der Waals surface area contributed by atoms with Gasteiger partial charge < -0.3 is 4.74 Å². The largest absolute Gasteiger partial charge is 0.469 e. The molecular formula is C10H18N2O4S. The second-order valence-corrected chi connectivity index (χ2v) is 5.46. The predicted octanol–water partition coefficient (Wildman–Crippen LogP) is 0.551. The number of carbonyl (C=O) groups is 1. The maximum atomic E-state index is 11.6. The Morgan fingerprint density at radius 3 is 2.65 bits per heavy atom. The van der Waals surface area contributed by atoms with Gasteiger partial charge in [-0.2, -0.15) is 5.26 Å². The summed E-state index contributed by atoms with van der Waals surface area (Å²) in [5.41, 5.74) is 0. The Bertz CT molecular complexity index is 372. The lowest BCUT2D eigenvalue weighted by molar-refractivity contribution is -0.140. The molecule has 0 saturated carbocycles. The average Bonchev–Trinajstić information content (AvgIpc) is 2.27. The monoisotopic (exact) mass is 262 g/mol. The second kappa shape index (κ2) is 8.03. The van der Waals surface area contributed by atoms with Gasteiger partial charge in [-0.05, 0) is 12.8 Å². The van der Waals surface area contributed by atoms with Gasteiger partial charge in [0.2, 0.25) is 10.0 Å². The molecule has 1 N–H and O–H groups in total. The fraction of sp³-hybridized carbons (Fsp3) is 0.800. The van der Waals surface area contributed by atoms with Gasteiger partial charge in [-0.15, -0.1) is 0 Å². The summed E-state index contributed by atoms with van der Waals surface area (Å²) in [4.78, 5) is 10.8. The first-order valence-electron chi connectivity index (χ1n) is 5.39. The molecule has 0 aromatic carbocycles. The van der Waals surface area contributed by atoms with Gasteiger partial charge in [0, 0.05) is 12.5 Å². The highest BCUT2D eigenvalue weighted by molar-refractivity contribution is 7.89. The molecule has 0 heterocycles. The topological polar surface area (TPSA) is 96.3 Å². The highest BCUT2D eigenvalue weighted by Crippen LogP contribution is 2.02. The van der Waals surface area contributed by atoms with Crippen LogP contribution in [0.1, 0.15) is 32.6 Å². The molecule has 0 spiro atoms. The molecule has 0 saturated heterocycles. The lowest BCUT2D eigenvalue weighted by atomic mass is 10.2. The van der Waals surface area contributed by atoms with Crippen LogP contribution in [0.5, 0.6) is 0 Å². The molecule has 0 amide bonds. The van der Waals surface area contributed by atoms with Crippen LogP contribution < -0.4 is 4.72 Å². The minimum absolute atomic E-state index is 0.0758. The normalized spacial score (nSPS) is 12.8.